The Morgan fingerprint density at radius 2 is 2.05 bits per heavy atom. The number of nitrogens with one attached hydrogen (secondary N) is 1. The number of hydrogen-bond acceptors (Lipinski definition) is 2. The highest BCUT2D eigenvalue weighted by molar-refractivity contribution is 5.37. The summed E-state index contributed by atoms with van der Waals surface area (Å²) in [6.45, 7) is 8.27. The second kappa shape index (κ2) is 6.41. The van der Waals surface area contributed by atoms with Crippen LogP contribution in [0.25, 0.3) is 0 Å². The topological polar surface area (TPSA) is 29.9 Å². The summed E-state index contributed by atoms with van der Waals surface area (Å²) in [6, 6.07) is 10.7. The zero-order valence-corrected chi connectivity index (χ0v) is 12.1. The van der Waals surface area contributed by atoms with Crippen LogP contribution < -0.4 is 5.32 Å². The molecule has 2 rings (SSSR count). The van der Waals surface area contributed by atoms with Crippen molar-refractivity contribution in [2.45, 2.75) is 46.7 Å². The van der Waals surface area contributed by atoms with Gasteiger partial charge in [-0.25, -0.2) is 0 Å². The van der Waals surface area contributed by atoms with Crippen molar-refractivity contribution in [3.05, 3.63) is 47.2 Å². The molecule has 0 aliphatic carbocycles. The van der Waals surface area contributed by atoms with Gasteiger partial charge >= 0.3 is 0 Å². The summed E-state index contributed by atoms with van der Waals surface area (Å²) in [6.07, 6.45) is 2.38. The van der Waals surface area contributed by atoms with E-state index in [1.54, 1.807) is 0 Å². The molecule has 0 saturated heterocycles. The number of anilines is 1. The van der Waals surface area contributed by atoms with Gasteiger partial charge in [0.2, 0.25) is 0 Å². The van der Waals surface area contributed by atoms with E-state index in [1.165, 1.54) is 29.7 Å². The lowest BCUT2D eigenvalue weighted by Gasteiger charge is -2.04. The van der Waals surface area contributed by atoms with Gasteiger partial charge in [0.15, 0.2) is 0 Å². The zero-order valence-electron chi connectivity index (χ0n) is 12.1. The van der Waals surface area contributed by atoms with E-state index in [1.807, 2.05) is 0 Å². The van der Waals surface area contributed by atoms with Gasteiger partial charge in [-0.05, 0) is 25.8 Å². The number of benzene rings is 1. The lowest BCUT2D eigenvalue weighted by molar-refractivity contribution is 0.560. The van der Waals surface area contributed by atoms with Crippen molar-refractivity contribution in [1.29, 1.82) is 0 Å². The first-order chi connectivity index (χ1) is 9.19. The van der Waals surface area contributed by atoms with E-state index in [-0.39, 0.29) is 0 Å². The van der Waals surface area contributed by atoms with Crippen LogP contribution in [0, 0.1) is 13.8 Å². The molecule has 3 heteroatoms. The fourth-order valence-corrected chi connectivity index (χ4v) is 2.15. The van der Waals surface area contributed by atoms with E-state index < -0.39 is 0 Å². The Hall–Kier alpha value is -1.77. The third-order valence-corrected chi connectivity index (χ3v) is 3.26. The van der Waals surface area contributed by atoms with Gasteiger partial charge in [0.1, 0.15) is 5.82 Å². The molecule has 1 aromatic heterocycles. The highest BCUT2D eigenvalue weighted by atomic mass is 15.3. The Bertz CT molecular complexity index is 529. The number of unbranched alkanes of at least 4 members (excludes halogenated alkanes) is 1. The van der Waals surface area contributed by atoms with E-state index in [4.69, 9.17) is 0 Å². The Morgan fingerprint density at radius 3 is 2.79 bits per heavy atom. The van der Waals surface area contributed by atoms with Gasteiger partial charge in [-0.3, -0.25) is 4.68 Å². The standard InChI is InChI=1S/C16H23N3/c1-4-5-9-19-14(3)11-16(18-19)17-12-15-8-6-7-13(2)10-15/h6-8,10-11H,4-5,9,12H2,1-3H3,(H,17,18). The van der Waals surface area contributed by atoms with Crippen molar-refractivity contribution in [2.75, 3.05) is 5.32 Å². The monoisotopic (exact) mass is 257 g/mol. The van der Waals surface area contributed by atoms with Crippen molar-refractivity contribution in [3.63, 3.8) is 0 Å². The fraction of sp³-hybridized carbons (Fsp3) is 0.438. The number of rotatable bonds is 6. The molecule has 0 radical (unpaired) electrons. The lowest BCUT2D eigenvalue weighted by atomic mass is 10.1. The first-order valence-electron chi connectivity index (χ1n) is 7.03. The van der Waals surface area contributed by atoms with Crippen molar-refractivity contribution in [2.24, 2.45) is 0 Å². The van der Waals surface area contributed by atoms with Crippen LogP contribution >= 0.6 is 0 Å². The molecular formula is C16H23N3. The van der Waals surface area contributed by atoms with Crippen LogP contribution in [0.15, 0.2) is 30.3 Å². The molecule has 1 heterocycles. The highest BCUT2D eigenvalue weighted by Crippen LogP contribution is 2.12. The van der Waals surface area contributed by atoms with Crippen molar-refractivity contribution in [3.8, 4) is 0 Å². The maximum atomic E-state index is 4.59. The van der Waals surface area contributed by atoms with Crippen LogP contribution in [-0.2, 0) is 13.1 Å². The van der Waals surface area contributed by atoms with Gasteiger partial charge in [0.25, 0.3) is 0 Å². The van der Waals surface area contributed by atoms with Crippen LogP contribution in [0.4, 0.5) is 5.82 Å². The summed E-state index contributed by atoms with van der Waals surface area (Å²) < 4.78 is 2.09. The minimum atomic E-state index is 0.825. The molecule has 2 aromatic rings. The van der Waals surface area contributed by atoms with E-state index in [0.717, 1.165) is 18.9 Å². The first kappa shape index (κ1) is 13.7. The van der Waals surface area contributed by atoms with E-state index in [9.17, 15) is 0 Å². The van der Waals surface area contributed by atoms with Crippen LogP contribution in [0.1, 0.15) is 36.6 Å². The highest BCUT2D eigenvalue weighted by Gasteiger charge is 2.03. The summed E-state index contributed by atoms with van der Waals surface area (Å²) in [4.78, 5) is 0. The van der Waals surface area contributed by atoms with Gasteiger partial charge in [-0.15, -0.1) is 0 Å². The quantitative estimate of drug-likeness (QED) is 0.850. The van der Waals surface area contributed by atoms with Gasteiger partial charge in [-0.1, -0.05) is 43.2 Å². The molecule has 0 bridgehead atoms. The summed E-state index contributed by atoms with van der Waals surface area (Å²) in [7, 11) is 0. The maximum absolute atomic E-state index is 4.59. The van der Waals surface area contributed by atoms with Gasteiger partial charge in [-0.2, -0.15) is 5.10 Å². The summed E-state index contributed by atoms with van der Waals surface area (Å²) >= 11 is 0. The second-order valence-corrected chi connectivity index (χ2v) is 5.09. The number of aryl methyl sites for hydroxylation is 3. The molecule has 1 aromatic carbocycles. The number of nitrogens with zero attached hydrogens (tertiary/aromatic N) is 2. The molecule has 0 saturated carbocycles. The molecule has 0 atom stereocenters. The summed E-state index contributed by atoms with van der Waals surface area (Å²) in [5.41, 5.74) is 3.81. The smallest absolute Gasteiger partial charge is 0.148 e. The molecule has 0 spiro atoms. The normalized spacial score (nSPS) is 10.7. The van der Waals surface area contributed by atoms with Crippen LogP contribution in [0.5, 0.6) is 0 Å². The van der Waals surface area contributed by atoms with Crippen molar-refractivity contribution < 1.29 is 0 Å². The Morgan fingerprint density at radius 1 is 1.21 bits per heavy atom. The number of aromatic nitrogens is 2. The van der Waals surface area contributed by atoms with E-state index >= 15 is 0 Å². The van der Waals surface area contributed by atoms with Gasteiger partial charge in [0.05, 0.1) is 0 Å². The Balaban J connectivity index is 1.96. The largest absolute Gasteiger partial charge is 0.365 e. The second-order valence-electron chi connectivity index (χ2n) is 5.09. The molecule has 3 nitrogen and oxygen atoms in total. The fourth-order valence-electron chi connectivity index (χ4n) is 2.15. The van der Waals surface area contributed by atoms with Crippen LogP contribution in [-0.4, -0.2) is 9.78 Å². The summed E-state index contributed by atoms with van der Waals surface area (Å²) in [5, 5.41) is 7.98. The average molecular weight is 257 g/mol. The van der Waals surface area contributed by atoms with Crippen LogP contribution in [0.2, 0.25) is 0 Å². The van der Waals surface area contributed by atoms with Crippen molar-refractivity contribution >= 4 is 5.82 Å². The van der Waals surface area contributed by atoms with Crippen LogP contribution in [0.3, 0.4) is 0 Å². The molecule has 0 amide bonds. The average Bonchev–Trinajstić information content (AvgIpc) is 2.75. The first-order valence-corrected chi connectivity index (χ1v) is 7.03. The maximum Gasteiger partial charge on any atom is 0.148 e. The predicted molar refractivity (Wildman–Crippen MR) is 80.4 cm³/mol. The molecular weight excluding hydrogens is 234 g/mol. The lowest BCUT2D eigenvalue weighted by Crippen LogP contribution is -2.04. The van der Waals surface area contributed by atoms with E-state index in [2.05, 4.69) is 66.2 Å². The third kappa shape index (κ3) is 3.85. The Kier molecular flexibility index (Phi) is 4.61. The third-order valence-electron chi connectivity index (χ3n) is 3.26. The Labute approximate surface area is 115 Å². The summed E-state index contributed by atoms with van der Waals surface area (Å²) in [5.74, 6) is 0.968. The molecule has 102 valence electrons. The number of hydrogen-bond donors (Lipinski definition) is 1. The predicted octanol–water partition coefficient (Wildman–Crippen LogP) is 3.91. The zero-order chi connectivity index (χ0) is 13.7. The molecule has 0 unspecified atom stereocenters. The molecule has 1 N–H and O–H groups in total. The molecule has 0 aliphatic rings. The SMILES string of the molecule is CCCCn1nc(NCc2cccc(C)c2)cc1C. The molecule has 0 aliphatic heterocycles. The molecule has 19 heavy (non-hydrogen) atoms. The van der Waals surface area contributed by atoms with E-state index in [0.29, 0.717) is 0 Å². The minimum Gasteiger partial charge on any atom is -0.365 e. The van der Waals surface area contributed by atoms with Crippen molar-refractivity contribution in [1.82, 2.24) is 9.78 Å². The minimum absolute atomic E-state index is 0.825. The van der Waals surface area contributed by atoms with Gasteiger partial charge < -0.3 is 5.32 Å². The molecule has 0 fully saturated rings. The van der Waals surface area contributed by atoms with Gasteiger partial charge in [0, 0.05) is 24.8 Å².